The molecule has 106 valence electrons. The van der Waals surface area contributed by atoms with E-state index in [1.807, 2.05) is 12.3 Å². The second kappa shape index (κ2) is 5.57. The Kier molecular flexibility index (Phi) is 3.77. The number of aromatic carboxylic acids is 1. The average Bonchev–Trinajstić information content (AvgIpc) is 2.83. The number of aromatic nitrogens is 2. The first-order valence-electron chi connectivity index (χ1n) is 5.96. The predicted octanol–water partition coefficient (Wildman–Crippen LogP) is 4.09. The van der Waals surface area contributed by atoms with E-state index in [1.54, 1.807) is 18.2 Å². The number of nitrogens with zero attached hydrogens (tertiary/aromatic N) is 2. The Morgan fingerprint density at radius 3 is 2.95 bits per heavy atom. The molecule has 3 rings (SSSR count). The smallest absolute Gasteiger partial charge is 0.339 e. The molecule has 7 heteroatoms. The summed E-state index contributed by atoms with van der Waals surface area (Å²) in [6.45, 7) is 1.96. The van der Waals surface area contributed by atoms with Crippen LogP contribution in [0.3, 0.4) is 0 Å². The summed E-state index contributed by atoms with van der Waals surface area (Å²) in [5.74, 6) is -0.382. The normalized spacial score (nSPS) is 10.8. The maximum absolute atomic E-state index is 11.3. The van der Waals surface area contributed by atoms with Crippen LogP contribution in [0.2, 0.25) is 0 Å². The van der Waals surface area contributed by atoms with Crippen LogP contribution in [0.1, 0.15) is 15.9 Å². The predicted molar refractivity (Wildman–Crippen MR) is 88.3 cm³/mol. The van der Waals surface area contributed by atoms with Crippen molar-refractivity contribution in [1.82, 2.24) is 9.97 Å². The quantitative estimate of drug-likeness (QED) is 0.656. The molecule has 21 heavy (non-hydrogen) atoms. The van der Waals surface area contributed by atoms with Crippen LogP contribution in [-0.4, -0.2) is 21.0 Å². The minimum Gasteiger partial charge on any atom is -0.478 e. The summed E-state index contributed by atoms with van der Waals surface area (Å²) in [5, 5.41) is 11.2. The number of carboxylic acid groups (broad SMARTS) is 1. The van der Waals surface area contributed by atoms with Crippen molar-refractivity contribution < 1.29 is 14.6 Å². The van der Waals surface area contributed by atoms with Gasteiger partial charge < -0.3 is 9.84 Å². The SMILES string of the molecule is Cc1csc2c(Oc3ccc(I)cc3C(=O)O)ncnc12. The molecule has 1 N–H and O–H groups in total. The molecule has 2 heterocycles. The number of ether oxygens (including phenoxy) is 1. The standard InChI is InChI=1S/C14H9IN2O3S/c1-7-5-21-12-11(7)16-6-17-13(12)20-10-3-2-8(15)4-9(10)14(18)19/h2-6H,1H3,(H,18,19). The van der Waals surface area contributed by atoms with Gasteiger partial charge in [-0.25, -0.2) is 14.8 Å². The van der Waals surface area contributed by atoms with Crippen molar-refractivity contribution >= 4 is 50.1 Å². The van der Waals surface area contributed by atoms with E-state index in [9.17, 15) is 9.90 Å². The van der Waals surface area contributed by atoms with Gasteiger partial charge in [0, 0.05) is 3.57 Å². The molecule has 0 aliphatic carbocycles. The van der Waals surface area contributed by atoms with Crippen LogP contribution in [0.15, 0.2) is 29.9 Å². The van der Waals surface area contributed by atoms with Crippen LogP contribution in [0.5, 0.6) is 11.6 Å². The third kappa shape index (κ3) is 2.70. The van der Waals surface area contributed by atoms with E-state index in [1.165, 1.54) is 17.7 Å². The Morgan fingerprint density at radius 2 is 2.19 bits per heavy atom. The molecule has 2 aromatic heterocycles. The van der Waals surface area contributed by atoms with Crippen LogP contribution in [0, 0.1) is 10.5 Å². The number of hydrogen-bond donors (Lipinski definition) is 1. The minimum absolute atomic E-state index is 0.113. The van der Waals surface area contributed by atoms with E-state index >= 15 is 0 Å². The minimum atomic E-state index is -1.03. The zero-order chi connectivity index (χ0) is 15.0. The molecule has 3 aromatic rings. The van der Waals surface area contributed by atoms with Crippen molar-refractivity contribution in [3.8, 4) is 11.6 Å². The molecule has 0 atom stereocenters. The fourth-order valence-electron chi connectivity index (χ4n) is 1.88. The third-order valence-electron chi connectivity index (χ3n) is 2.88. The van der Waals surface area contributed by atoms with E-state index in [4.69, 9.17) is 4.74 Å². The van der Waals surface area contributed by atoms with Gasteiger partial charge in [0.25, 0.3) is 0 Å². The molecule has 0 aliphatic rings. The summed E-state index contributed by atoms with van der Waals surface area (Å²) in [6.07, 6.45) is 1.42. The van der Waals surface area contributed by atoms with Crippen LogP contribution in [0.4, 0.5) is 0 Å². The second-order valence-electron chi connectivity index (χ2n) is 4.32. The lowest BCUT2D eigenvalue weighted by Gasteiger charge is -2.08. The molecule has 1 aromatic carbocycles. The summed E-state index contributed by atoms with van der Waals surface area (Å²) in [4.78, 5) is 19.7. The lowest BCUT2D eigenvalue weighted by Crippen LogP contribution is -2.01. The van der Waals surface area contributed by atoms with Gasteiger partial charge in [0.05, 0.1) is 5.52 Å². The monoisotopic (exact) mass is 412 g/mol. The summed E-state index contributed by atoms with van der Waals surface area (Å²) in [5.41, 5.74) is 1.98. The van der Waals surface area contributed by atoms with Crippen LogP contribution >= 0.6 is 33.9 Å². The van der Waals surface area contributed by atoms with Gasteiger partial charge in [-0.2, -0.15) is 0 Å². The highest BCUT2D eigenvalue weighted by Gasteiger charge is 2.16. The third-order valence-corrected chi connectivity index (χ3v) is 4.62. The number of rotatable bonds is 3. The fourth-order valence-corrected chi connectivity index (χ4v) is 3.30. The maximum atomic E-state index is 11.3. The van der Waals surface area contributed by atoms with Crippen molar-refractivity contribution in [2.24, 2.45) is 0 Å². The first-order chi connectivity index (χ1) is 10.1. The highest BCUT2D eigenvalue weighted by atomic mass is 127. The van der Waals surface area contributed by atoms with Crippen molar-refractivity contribution in [2.45, 2.75) is 6.92 Å². The first-order valence-corrected chi connectivity index (χ1v) is 7.91. The van der Waals surface area contributed by atoms with Crippen LogP contribution < -0.4 is 4.74 Å². The molecule has 0 spiro atoms. The summed E-state index contributed by atoms with van der Waals surface area (Å²) >= 11 is 3.54. The number of carbonyl (C=O) groups is 1. The Labute approximate surface area is 137 Å². The van der Waals surface area contributed by atoms with Crippen molar-refractivity contribution in [2.75, 3.05) is 0 Å². The Morgan fingerprint density at radius 1 is 1.38 bits per heavy atom. The maximum Gasteiger partial charge on any atom is 0.339 e. The Balaban J connectivity index is 2.09. The molecule has 0 fully saturated rings. The van der Waals surface area contributed by atoms with Gasteiger partial charge in [0.15, 0.2) is 0 Å². The molecule has 0 saturated carbocycles. The van der Waals surface area contributed by atoms with E-state index < -0.39 is 5.97 Å². The summed E-state index contributed by atoms with van der Waals surface area (Å²) < 4.78 is 7.37. The highest BCUT2D eigenvalue weighted by molar-refractivity contribution is 14.1. The number of thiophene rings is 1. The zero-order valence-corrected chi connectivity index (χ0v) is 13.8. The van der Waals surface area contributed by atoms with E-state index in [0.717, 1.165) is 19.4 Å². The van der Waals surface area contributed by atoms with Gasteiger partial charge in [-0.05, 0) is 58.7 Å². The molecule has 0 unspecified atom stereocenters. The van der Waals surface area contributed by atoms with Crippen LogP contribution in [0.25, 0.3) is 10.2 Å². The fraction of sp³-hybridized carbons (Fsp3) is 0.0714. The molecule has 0 radical (unpaired) electrons. The van der Waals surface area contributed by atoms with E-state index in [2.05, 4.69) is 32.6 Å². The molecule has 5 nitrogen and oxygen atoms in total. The number of aryl methyl sites for hydroxylation is 1. The number of carboxylic acids is 1. The zero-order valence-electron chi connectivity index (χ0n) is 10.8. The number of benzene rings is 1. The second-order valence-corrected chi connectivity index (χ2v) is 6.45. The number of fused-ring (bicyclic) bond motifs is 1. The van der Waals surface area contributed by atoms with Crippen molar-refractivity contribution in [1.29, 1.82) is 0 Å². The summed E-state index contributed by atoms with van der Waals surface area (Å²) in [7, 11) is 0. The molecular formula is C14H9IN2O3S. The first kappa shape index (κ1) is 14.2. The van der Waals surface area contributed by atoms with Gasteiger partial charge >= 0.3 is 5.97 Å². The molecule has 0 aliphatic heterocycles. The van der Waals surface area contributed by atoms with Gasteiger partial charge in [-0.3, -0.25) is 0 Å². The average molecular weight is 412 g/mol. The van der Waals surface area contributed by atoms with Crippen LogP contribution in [-0.2, 0) is 0 Å². The number of hydrogen-bond acceptors (Lipinski definition) is 5. The van der Waals surface area contributed by atoms with Crippen molar-refractivity contribution in [3.05, 3.63) is 44.6 Å². The lowest BCUT2D eigenvalue weighted by molar-refractivity contribution is 0.0694. The number of halogens is 1. The molecule has 0 saturated heterocycles. The molecule has 0 amide bonds. The summed E-state index contributed by atoms with van der Waals surface area (Å²) in [6, 6.07) is 5.00. The Hall–Kier alpha value is -1.74. The Bertz CT molecular complexity index is 847. The molecular weight excluding hydrogens is 403 g/mol. The largest absolute Gasteiger partial charge is 0.478 e. The van der Waals surface area contributed by atoms with E-state index in [0.29, 0.717) is 5.88 Å². The topological polar surface area (TPSA) is 72.3 Å². The van der Waals surface area contributed by atoms with Gasteiger partial charge in [-0.1, -0.05) is 0 Å². The molecule has 0 bridgehead atoms. The van der Waals surface area contributed by atoms with Gasteiger partial charge in [0.1, 0.15) is 22.3 Å². The lowest BCUT2D eigenvalue weighted by atomic mass is 10.2. The van der Waals surface area contributed by atoms with Gasteiger partial charge in [0.2, 0.25) is 5.88 Å². The highest BCUT2D eigenvalue weighted by Crippen LogP contribution is 2.34. The van der Waals surface area contributed by atoms with Gasteiger partial charge in [-0.15, -0.1) is 11.3 Å². The van der Waals surface area contributed by atoms with Crippen molar-refractivity contribution in [3.63, 3.8) is 0 Å². The van der Waals surface area contributed by atoms with E-state index in [-0.39, 0.29) is 11.3 Å².